The highest BCUT2D eigenvalue weighted by atomic mass is 79.9. The molecule has 27 heavy (non-hydrogen) atoms. The molecule has 0 spiro atoms. The minimum Gasteiger partial charge on any atom is -0.457 e. The maximum absolute atomic E-state index is 12.0. The molecule has 1 heterocycles. The molecule has 1 aromatic heterocycles. The van der Waals surface area contributed by atoms with Crippen molar-refractivity contribution in [3.05, 3.63) is 75.6 Å². The van der Waals surface area contributed by atoms with Gasteiger partial charge >= 0.3 is 5.82 Å². The molecule has 1 N–H and O–H groups in total. The highest BCUT2D eigenvalue weighted by molar-refractivity contribution is 9.10. The smallest absolute Gasteiger partial charge is 0.381 e. The zero-order valence-electron chi connectivity index (χ0n) is 14.0. The van der Waals surface area contributed by atoms with Gasteiger partial charge in [-0.3, -0.25) is 4.79 Å². The summed E-state index contributed by atoms with van der Waals surface area (Å²) >= 11 is 3.37. The molecule has 0 aliphatic carbocycles. The zero-order valence-corrected chi connectivity index (χ0v) is 15.6. The van der Waals surface area contributed by atoms with Gasteiger partial charge in [-0.1, -0.05) is 15.9 Å². The Morgan fingerprint density at radius 2 is 1.78 bits per heavy atom. The predicted molar refractivity (Wildman–Crippen MR) is 103 cm³/mol. The molecule has 0 radical (unpaired) electrons. The largest absolute Gasteiger partial charge is 0.457 e. The van der Waals surface area contributed by atoms with E-state index in [-0.39, 0.29) is 18.1 Å². The van der Waals surface area contributed by atoms with Gasteiger partial charge in [0.15, 0.2) is 0 Å². The summed E-state index contributed by atoms with van der Waals surface area (Å²) in [5.74, 6) is 0.926. The molecule has 1 amide bonds. The van der Waals surface area contributed by atoms with Gasteiger partial charge in [-0.25, -0.2) is 0 Å². The van der Waals surface area contributed by atoms with Gasteiger partial charge < -0.3 is 24.7 Å². The van der Waals surface area contributed by atoms with Crippen molar-refractivity contribution in [1.29, 1.82) is 0 Å². The Balaban J connectivity index is 1.50. The maximum atomic E-state index is 12.0. The minimum absolute atomic E-state index is 0.171. The second kappa shape index (κ2) is 8.45. The van der Waals surface area contributed by atoms with E-state index in [2.05, 4.69) is 26.2 Å². The van der Waals surface area contributed by atoms with Gasteiger partial charge in [0.2, 0.25) is 12.2 Å². The summed E-state index contributed by atoms with van der Waals surface area (Å²) in [7, 11) is 0. The number of carbonyl (C=O) groups excluding carboxylic acids is 1. The number of nitrogens with one attached hydrogen (secondary N) is 1. The van der Waals surface area contributed by atoms with Gasteiger partial charge in [0.05, 0.1) is 0 Å². The SMILES string of the molecule is O=C(CCn1cnc([N+](=O)[O-])c1)Nc1ccc(Oc2ccc(Br)cc2)cc1. The van der Waals surface area contributed by atoms with E-state index in [1.54, 1.807) is 24.3 Å². The number of imidazole rings is 1. The number of amides is 1. The molecule has 0 bridgehead atoms. The second-order valence-electron chi connectivity index (χ2n) is 5.61. The van der Waals surface area contributed by atoms with Crippen molar-refractivity contribution in [2.24, 2.45) is 0 Å². The number of aromatic nitrogens is 2. The lowest BCUT2D eigenvalue weighted by atomic mass is 10.3. The number of carbonyl (C=O) groups is 1. The van der Waals surface area contributed by atoms with E-state index in [1.807, 2.05) is 24.3 Å². The number of aryl methyl sites for hydroxylation is 1. The molecule has 0 unspecified atom stereocenters. The van der Waals surface area contributed by atoms with E-state index in [4.69, 9.17) is 4.74 Å². The quantitative estimate of drug-likeness (QED) is 0.442. The fourth-order valence-electron chi connectivity index (χ4n) is 2.26. The van der Waals surface area contributed by atoms with Gasteiger partial charge in [-0.15, -0.1) is 0 Å². The maximum Gasteiger partial charge on any atom is 0.381 e. The number of hydrogen-bond acceptors (Lipinski definition) is 5. The van der Waals surface area contributed by atoms with Crippen LogP contribution in [0.15, 0.2) is 65.5 Å². The third-order valence-corrected chi connectivity index (χ3v) is 4.12. The fourth-order valence-corrected chi connectivity index (χ4v) is 2.53. The van der Waals surface area contributed by atoms with Crippen LogP contribution in [-0.2, 0) is 11.3 Å². The Morgan fingerprint density at radius 1 is 1.15 bits per heavy atom. The van der Waals surface area contributed by atoms with Crippen LogP contribution in [0.1, 0.15) is 6.42 Å². The summed E-state index contributed by atoms with van der Waals surface area (Å²) in [5.41, 5.74) is 0.639. The molecule has 3 rings (SSSR count). The summed E-state index contributed by atoms with van der Waals surface area (Å²) in [6.07, 6.45) is 2.80. The van der Waals surface area contributed by atoms with Gasteiger partial charge in [0.1, 0.15) is 17.7 Å². The third kappa shape index (κ3) is 5.38. The van der Waals surface area contributed by atoms with Gasteiger partial charge in [-0.05, 0) is 58.4 Å². The second-order valence-corrected chi connectivity index (χ2v) is 6.52. The van der Waals surface area contributed by atoms with Crippen molar-refractivity contribution in [3.8, 4) is 11.5 Å². The molecular formula is C18H15BrN4O4. The Morgan fingerprint density at radius 3 is 2.37 bits per heavy atom. The summed E-state index contributed by atoms with van der Waals surface area (Å²) in [4.78, 5) is 25.7. The normalized spacial score (nSPS) is 10.4. The lowest BCUT2D eigenvalue weighted by Gasteiger charge is -2.08. The molecule has 0 saturated carbocycles. The van der Waals surface area contributed by atoms with Gasteiger partial charge in [0.25, 0.3) is 0 Å². The first-order chi connectivity index (χ1) is 13.0. The first-order valence-electron chi connectivity index (χ1n) is 7.99. The first kappa shape index (κ1) is 18.6. The minimum atomic E-state index is -0.575. The van der Waals surface area contributed by atoms with E-state index < -0.39 is 4.92 Å². The van der Waals surface area contributed by atoms with Crippen LogP contribution >= 0.6 is 15.9 Å². The van der Waals surface area contributed by atoms with Crippen LogP contribution in [0.5, 0.6) is 11.5 Å². The molecular weight excluding hydrogens is 416 g/mol. The molecule has 0 atom stereocenters. The number of ether oxygens (including phenoxy) is 1. The molecule has 3 aromatic rings. The van der Waals surface area contributed by atoms with Gasteiger partial charge in [0, 0.05) is 23.1 Å². The standard InChI is InChI=1S/C18H15BrN4O4/c19-13-1-5-15(6-2-13)27-16-7-3-14(4-8-16)21-18(24)9-10-22-11-17(20-12-22)23(25)26/h1-8,11-12H,9-10H2,(H,21,24). The number of anilines is 1. The number of rotatable bonds is 7. The van der Waals surface area contributed by atoms with Crippen molar-refractivity contribution < 1.29 is 14.5 Å². The summed E-state index contributed by atoms with van der Waals surface area (Å²) in [6, 6.07) is 14.5. The molecule has 9 heteroatoms. The molecule has 0 aliphatic heterocycles. The fraction of sp³-hybridized carbons (Fsp3) is 0.111. The molecule has 2 aromatic carbocycles. The Hall–Kier alpha value is -3.20. The van der Waals surface area contributed by atoms with Crippen molar-refractivity contribution in [3.63, 3.8) is 0 Å². The third-order valence-electron chi connectivity index (χ3n) is 3.59. The van der Waals surface area contributed by atoms with Crippen molar-refractivity contribution >= 4 is 33.3 Å². The average Bonchev–Trinajstić information content (AvgIpc) is 3.13. The van der Waals surface area contributed by atoms with E-state index in [9.17, 15) is 14.9 Å². The average molecular weight is 431 g/mol. The van der Waals surface area contributed by atoms with Crippen LogP contribution in [-0.4, -0.2) is 20.4 Å². The zero-order chi connectivity index (χ0) is 19.2. The number of hydrogen-bond donors (Lipinski definition) is 1. The Kier molecular flexibility index (Phi) is 5.82. The highest BCUT2D eigenvalue weighted by Crippen LogP contribution is 2.24. The summed E-state index contributed by atoms with van der Waals surface area (Å²) in [5, 5.41) is 13.4. The van der Waals surface area contributed by atoms with Crippen LogP contribution in [0, 0.1) is 10.1 Å². The molecule has 0 aliphatic rings. The Labute approximate surface area is 163 Å². The molecule has 8 nitrogen and oxygen atoms in total. The topological polar surface area (TPSA) is 99.3 Å². The van der Waals surface area contributed by atoms with E-state index >= 15 is 0 Å². The monoisotopic (exact) mass is 430 g/mol. The Bertz CT molecular complexity index is 939. The predicted octanol–water partition coefficient (Wildman–Crippen LogP) is 4.37. The molecule has 0 saturated heterocycles. The van der Waals surface area contributed by atoms with E-state index in [1.165, 1.54) is 17.1 Å². The molecule has 0 fully saturated rings. The lowest BCUT2D eigenvalue weighted by molar-refractivity contribution is -0.389. The van der Waals surface area contributed by atoms with Crippen LogP contribution in [0.25, 0.3) is 0 Å². The number of nitrogens with zero attached hydrogens (tertiary/aromatic N) is 3. The van der Waals surface area contributed by atoms with E-state index in [0.29, 0.717) is 23.7 Å². The van der Waals surface area contributed by atoms with Crippen molar-refractivity contribution in [2.45, 2.75) is 13.0 Å². The molecule has 138 valence electrons. The number of halogens is 1. The first-order valence-corrected chi connectivity index (χ1v) is 8.78. The van der Waals surface area contributed by atoms with Crippen LogP contribution in [0.4, 0.5) is 11.5 Å². The highest BCUT2D eigenvalue weighted by Gasteiger charge is 2.11. The summed E-state index contributed by atoms with van der Waals surface area (Å²) < 4.78 is 8.20. The van der Waals surface area contributed by atoms with E-state index in [0.717, 1.165) is 4.47 Å². The number of nitro groups is 1. The van der Waals surface area contributed by atoms with Crippen LogP contribution in [0.3, 0.4) is 0 Å². The van der Waals surface area contributed by atoms with Gasteiger partial charge in [-0.2, -0.15) is 0 Å². The van der Waals surface area contributed by atoms with Crippen molar-refractivity contribution in [1.82, 2.24) is 9.55 Å². The lowest BCUT2D eigenvalue weighted by Crippen LogP contribution is -2.13. The number of benzene rings is 2. The summed E-state index contributed by atoms with van der Waals surface area (Å²) in [6.45, 7) is 0.303. The van der Waals surface area contributed by atoms with Crippen LogP contribution in [0.2, 0.25) is 0 Å². The van der Waals surface area contributed by atoms with Crippen LogP contribution < -0.4 is 10.1 Å². The van der Waals surface area contributed by atoms with Crippen molar-refractivity contribution in [2.75, 3.05) is 5.32 Å².